The van der Waals surface area contributed by atoms with Crippen molar-refractivity contribution in [3.8, 4) is 0 Å². The molecule has 0 spiro atoms. The predicted octanol–water partition coefficient (Wildman–Crippen LogP) is 3.96. The van der Waals surface area contributed by atoms with Crippen LogP contribution in [0, 0.1) is 13.8 Å². The molecule has 3 nitrogen and oxygen atoms in total. The first kappa shape index (κ1) is 14.6. The number of benzene rings is 2. The summed E-state index contributed by atoms with van der Waals surface area (Å²) in [5.74, 6) is 0. The third kappa shape index (κ3) is 2.71. The Labute approximate surface area is 132 Å². The number of aryl methyl sites for hydroxylation is 2. The minimum absolute atomic E-state index is 0.0163. The molecule has 1 atom stereocenters. The topological polar surface area (TPSA) is 32.3 Å². The second-order valence-corrected chi connectivity index (χ2v) is 6.14. The number of carbonyl (C=O) groups excluding carboxylic acids is 1. The highest BCUT2D eigenvalue weighted by Crippen LogP contribution is 2.31. The lowest BCUT2D eigenvalue weighted by Crippen LogP contribution is -2.43. The number of fused-ring (bicyclic) bond motifs is 1. The number of nitrogens with zero attached hydrogens (tertiary/aromatic N) is 1. The first-order chi connectivity index (χ1) is 10.6. The first-order valence-corrected chi connectivity index (χ1v) is 7.77. The summed E-state index contributed by atoms with van der Waals surface area (Å²) in [5.41, 5.74) is 5.91. The number of anilines is 1. The van der Waals surface area contributed by atoms with Gasteiger partial charge in [-0.3, -0.25) is 4.90 Å². The summed E-state index contributed by atoms with van der Waals surface area (Å²) in [5, 5.41) is 3.06. The van der Waals surface area contributed by atoms with Gasteiger partial charge in [0.1, 0.15) is 0 Å². The van der Waals surface area contributed by atoms with Crippen LogP contribution < -0.4 is 10.2 Å². The molecule has 3 rings (SSSR count). The third-order valence-corrected chi connectivity index (χ3v) is 4.35. The van der Waals surface area contributed by atoms with Gasteiger partial charge in [0.15, 0.2) is 0 Å². The lowest BCUT2D eigenvalue weighted by Gasteiger charge is -2.23. The minimum atomic E-state index is -0.0163. The van der Waals surface area contributed by atoms with Crippen LogP contribution in [0.3, 0.4) is 0 Å². The standard InChI is InChI=1S/C19H22N2O/c1-13-8-9-17(14(2)10-13)12-20-19(22)21-15(3)11-16-6-4-5-7-18(16)21/h4-10,15H,11-12H2,1-3H3,(H,20,22). The van der Waals surface area contributed by atoms with E-state index >= 15 is 0 Å². The average Bonchev–Trinajstić information content (AvgIpc) is 2.82. The normalized spacial score (nSPS) is 16.5. The van der Waals surface area contributed by atoms with Gasteiger partial charge in [0, 0.05) is 18.3 Å². The van der Waals surface area contributed by atoms with Gasteiger partial charge in [-0.2, -0.15) is 0 Å². The van der Waals surface area contributed by atoms with Crippen molar-refractivity contribution in [2.45, 2.75) is 39.8 Å². The maximum Gasteiger partial charge on any atom is 0.322 e. The fourth-order valence-corrected chi connectivity index (χ4v) is 3.18. The minimum Gasteiger partial charge on any atom is -0.334 e. The Morgan fingerprint density at radius 1 is 1.23 bits per heavy atom. The highest BCUT2D eigenvalue weighted by molar-refractivity contribution is 5.94. The maximum atomic E-state index is 12.6. The monoisotopic (exact) mass is 294 g/mol. The molecular weight excluding hydrogens is 272 g/mol. The average molecular weight is 294 g/mol. The Kier molecular flexibility index (Phi) is 3.88. The van der Waals surface area contributed by atoms with Gasteiger partial charge in [-0.25, -0.2) is 4.79 Å². The van der Waals surface area contributed by atoms with Crippen LogP contribution in [0.15, 0.2) is 42.5 Å². The highest BCUT2D eigenvalue weighted by Gasteiger charge is 2.30. The molecule has 2 aromatic rings. The second kappa shape index (κ2) is 5.84. The van der Waals surface area contributed by atoms with Gasteiger partial charge >= 0.3 is 6.03 Å². The number of hydrogen-bond donors (Lipinski definition) is 1. The number of para-hydroxylation sites is 1. The fourth-order valence-electron chi connectivity index (χ4n) is 3.18. The number of urea groups is 1. The Morgan fingerprint density at radius 2 is 2.00 bits per heavy atom. The number of rotatable bonds is 2. The van der Waals surface area contributed by atoms with Gasteiger partial charge in [0.25, 0.3) is 0 Å². The van der Waals surface area contributed by atoms with Crippen molar-refractivity contribution in [2.24, 2.45) is 0 Å². The predicted molar refractivity (Wildman–Crippen MR) is 90.2 cm³/mol. The van der Waals surface area contributed by atoms with E-state index in [-0.39, 0.29) is 12.1 Å². The molecule has 0 fully saturated rings. The lowest BCUT2D eigenvalue weighted by molar-refractivity contribution is 0.244. The Balaban J connectivity index is 1.72. The summed E-state index contributed by atoms with van der Waals surface area (Å²) >= 11 is 0. The van der Waals surface area contributed by atoms with E-state index in [1.165, 1.54) is 22.3 Å². The van der Waals surface area contributed by atoms with E-state index in [2.05, 4.69) is 50.4 Å². The lowest BCUT2D eigenvalue weighted by atomic mass is 10.1. The summed E-state index contributed by atoms with van der Waals surface area (Å²) in [7, 11) is 0. The SMILES string of the molecule is Cc1ccc(CNC(=O)N2c3ccccc3CC2C)c(C)c1. The van der Waals surface area contributed by atoms with Crippen LogP contribution in [0.4, 0.5) is 10.5 Å². The van der Waals surface area contributed by atoms with Crippen molar-refractivity contribution in [3.63, 3.8) is 0 Å². The molecular formula is C19H22N2O. The molecule has 1 aliphatic heterocycles. The largest absolute Gasteiger partial charge is 0.334 e. The number of nitrogens with one attached hydrogen (secondary N) is 1. The van der Waals surface area contributed by atoms with Crippen LogP contribution in [0.1, 0.15) is 29.2 Å². The molecule has 1 unspecified atom stereocenters. The van der Waals surface area contributed by atoms with Crippen molar-refractivity contribution in [1.29, 1.82) is 0 Å². The summed E-state index contributed by atoms with van der Waals surface area (Å²) in [4.78, 5) is 14.5. The van der Waals surface area contributed by atoms with Crippen LogP contribution in [-0.4, -0.2) is 12.1 Å². The van der Waals surface area contributed by atoms with Crippen molar-refractivity contribution < 1.29 is 4.79 Å². The van der Waals surface area contributed by atoms with Gasteiger partial charge in [0.2, 0.25) is 0 Å². The zero-order valence-electron chi connectivity index (χ0n) is 13.4. The van der Waals surface area contributed by atoms with Crippen molar-refractivity contribution in [2.75, 3.05) is 4.90 Å². The van der Waals surface area contributed by atoms with Crippen LogP contribution in [-0.2, 0) is 13.0 Å². The van der Waals surface area contributed by atoms with Crippen LogP contribution in [0.2, 0.25) is 0 Å². The van der Waals surface area contributed by atoms with Crippen molar-refractivity contribution in [1.82, 2.24) is 5.32 Å². The molecule has 22 heavy (non-hydrogen) atoms. The summed E-state index contributed by atoms with van der Waals surface area (Å²) in [6.07, 6.45) is 0.924. The van der Waals surface area contributed by atoms with E-state index in [4.69, 9.17) is 0 Å². The van der Waals surface area contributed by atoms with Crippen molar-refractivity contribution in [3.05, 3.63) is 64.7 Å². The zero-order chi connectivity index (χ0) is 15.7. The summed E-state index contributed by atoms with van der Waals surface area (Å²) in [6.45, 7) is 6.83. The number of amides is 2. The second-order valence-electron chi connectivity index (χ2n) is 6.14. The van der Waals surface area contributed by atoms with E-state index in [1.54, 1.807) is 0 Å². The van der Waals surface area contributed by atoms with E-state index in [1.807, 2.05) is 23.1 Å². The molecule has 2 amide bonds. The molecule has 0 saturated carbocycles. The van der Waals surface area contributed by atoms with E-state index in [0.29, 0.717) is 6.54 Å². The molecule has 0 aliphatic carbocycles. The molecule has 0 aromatic heterocycles. The Hall–Kier alpha value is -2.29. The molecule has 2 aromatic carbocycles. The quantitative estimate of drug-likeness (QED) is 0.893. The van der Waals surface area contributed by atoms with Gasteiger partial charge in [-0.05, 0) is 49.9 Å². The molecule has 1 N–H and O–H groups in total. The fraction of sp³-hybridized carbons (Fsp3) is 0.316. The zero-order valence-corrected chi connectivity index (χ0v) is 13.4. The summed E-state index contributed by atoms with van der Waals surface area (Å²) < 4.78 is 0. The Bertz CT molecular complexity index is 708. The molecule has 0 saturated heterocycles. The van der Waals surface area contributed by atoms with Crippen LogP contribution in [0.5, 0.6) is 0 Å². The van der Waals surface area contributed by atoms with E-state index < -0.39 is 0 Å². The summed E-state index contributed by atoms with van der Waals surface area (Å²) in [6, 6.07) is 14.7. The molecule has 3 heteroatoms. The smallest absolute Gasteiger partial charge is 0.322 e. The molecule has 0 radical (unpaired) electrons. The molecule has 1 aliphatic rings. The molecule has 114 valence electrons. The van der Waals surface area contributed by atoms with Crippen molar-refractivity contribution >= 4 is 11.7 Å². The van der Waals surface area contributed by atoms with E-state index in [0.717, 1.165) is 12.1 Å². The molecule has 0 bridgehead atoms. The van der Waals surface area contributed by atoms with Gasteiger partial charge in [-0.15, -0.1) is 0 Å². The van der Waals surface area contributed by atoms with E-state index in [9.17, 15) is 4.79 Å². The molecule has 1 heterocycles. The third-order valence-electron chi connectivity index (χ3n) is 4.35. The van der Waals surface area contributed by atoms with Gasteiger partial charge < -0.3 is 5.32 Å². The number of hydrogen-bond acceptors (Lipinski definition) is 1. The maximum absolute atomic E-state index is 12.6. The first-order valence-electron chi connectivity index (χ1n) is 7.77. The Morgan fingerprint density at radius 3 is 2.77 bits per heavy atom. The number of carbonyl (C=O) groups is 1. The van der Waals surface area contributed by atoms with Gasteiger partial charge in [-0.1, -0.05) is 42.0 Å². The highest BCUT2D eigenvalue weighted by atomic mass is 16.2. The van der Waals surface area contributed by atoms with Gasteiger partial charge in [0.05, 0.1) is 0 Å². The van der Waals surface area contributed by atoms with Crippen LogP contribution >= 0.6 is 0 Å². The van der Waals surface area contributed by atoms with Crippen LogP contribution in [0.25, 0.3) is 0 Å².